The van der Waals surface area contributed by atoms with Crippen molar-refractivity contribution < 1.29 is 22.7 Å². The highest BCUT2D eigenvalue weighted by molar-refractivity contribution is 5.79. The molecule has 0 aromatic heterocycles. The first-order valence-corrected chi connectivity index (χ1v) is 6.24. The van der Waals surface area contributed by atoms with Gasteiger partial charge in [-0.1, -0.05) is 12.1 Å². The van der Waals surface area contributed by atoms with Gasteiger partial charge in [0, 0.05) is 12.8 Å². The molecule has 1 aliphatic rings. The highest BCUT2D eigenvalue weighted by Gasteiger charge is 2.29. The van der Waals surface area contributed by atoms with E-state index in [0.29, 0.717) is 31.2 Å². The summed E-state index contributed by atoms with van der Waals surface area (Å²) >= 11 is 0. The molecule has 104 valence electrons. The number of Topliss-reactive ketones (excluding diaryl/α,β-unsaturated/α-hetero) is 1. The van der Waals surface area contributed by atoms with Crippen LogP contribution in [0.15, 0.2) is 24.3 Å². The molecule has 2 rings (SSSR count). The van der Waals surface area contributed by atoms with Crippen LogP contribution in [-0.4, -0.2) is 11.9 Å². The first-order valence-electron chi connectivity index (χ1n) is 6.24. The van der Waals surface area contributed by atoms with Crippen molar-refractivity contribution in [1.82, 2.24) is 0 Å². The Kier molecular flexibility index (Phi) is 4.24. The number of benzene rings is 1. The van der Waals surface area contributed by atoms with Crippen LogP contribution < -0.4 is 0 Å². The van der Waals surface area contributed by atoms with E-state index in [2.05, 4.69) is 0 Å². The molecule has 19 heavy (non-hydrogen) atoms. The second-order valence-corrected chi connectivity index (χ2v) is 4.74. The summed E-state index contributed by atoms with van der Waals surface area (Å²) in [5, 5.41) is 0. The van der Waals surface area contributed by atoms with E-state index in [9.17, 15) is 18.0 Å². The Hall–Kier alpha value is -1.36. The third kappa shape index (κ3) is 4.06. The predicted octanol–water partition coefficient (Wildman–Crippen LogP) is 3.73. The van der Waals surface area contributed by atoms with Gasteiger partial charge in [0.15, 0.2) is 0 Å². The van der Waals surface area contributed by atoms with Gasteiger partial charge in [0.1, 0.15) is 5.78 Å². The fourth-order valence-electron chi connectivity index (χ4n) is 2.08. The lowest BCUT2D eigenvalue weighted by molar-refractivity contribution is -0.137. The number of carbonyl (C=O) groups is 1. The minimum atomic E-state index is -4.30. The van der Waals surface area contributed by atoms with Crippen LogP contribution in [0.25, 0.3) is 0 Å². The van der Waals surface area contributed by atoms with E-state index in [1.165, 1.54) is 12.1 Å². The van der Waals surface area contributed by atoms with Gasteiger partial charge in [-0.15, -0.1) is 0 Å². The average Bonchev–Trinajstić information content (AvgIpc) is 2.37. The van der Waals surface area contributed by atoms with Crippen molar-refractivity contribution in [3.8, 4) is 0 Å². The number of carbonyl (C=O) groups excluding carboxylic acids is 1. The number of halogens is 3. The normalized spacial score (nSPS) is 17.7. The van der Waals surface area contributed by atoms with Crippen molar-refractivity contribution in [3.05, 3.63) is 35.4 Å². The van der Waals surface area contributed by atoms with Gasteiger partial charge in [0.2, 0.25) is 0 Å². The second-order valence-electron chi connectivity index (χ2n) is 4.74. The van der Waals surface area contributed by atoms with Crippen LogP contribution in [0.1, 0.15) is 36.8 Å². The van der Waals surface area contributed by atoms with Crippen LogP contribution in [0.4, 0.5) is 13.2 Å². The molecule has 0 atom stereocenters. The maximum absolute atomic E-state index is 12.4. The number of alkyl halides is 3. The molecular weight excluding hydrogens is 257 g/mol. The molecule has 0 amide bonds. The highest BCUT2D eigenvalue weighted by atomic mass is 19.4. The zero-order valence-corrected chi connectivity index (χ0v) is 10.4. The number of ketones is 1. The van der Waals surface area contributed by atoms with E-state index in [4.69, 9.17) is 4.74 Å². The van der Waals surface area contributed by atoms with Crippen molar-refractivity contribution in [2.24, 2.45) is 0 Å². The van der Waals surface area contributed by atoms with E-state index in [0.717, 1.165) is 12.1 Å². The first-order chi connectivity index (χ1) is 8.95. The predicted molar refractivity (Wildman–Crippen MR) is 63.5 cm³/mol. The van der Waals surface area contributed by atoms with Gasteiger partial charge in [0.05, 0.1) is 18.3 Å². The Labute approximate surface area is 109 Å². The van der Waals surface area contributed by atoms with E-state index >= 15 is 0 Å². The lowest BCUT2D eigenvalue weighted by Crippen LogP contribution is -2.21. The van der Waals surface area contributed by atoms with Crippen molar-refractivity contribution >= 4 is 5.78 Å². The fraction of sp³-hybridized carbons (Fsp3) is 0.500. The van der Waals surface area contributed by atoms with Crippen LogP contribution in [-0.2, 0) is 22.3 Å². The van der Waals surface area contributed by atoms with Gasteiger partial charge < -0.3 is 4.74 Å². The van der Waals surface area contributed by atoms with Gasteiger partial charge in [-0.3, -0.25) is 4.79 Å². The van der Waals surface area contributed by atoms with Crippen molar-refractivity contribution in [2.75, 3.05) is 0 Å². The van der Waals surface area contributed by atoms with E-state index < -0.39 is 11.7 Å². The zero-order valence-electron chi connectivity index (χ0n) is 10.4. The SMILES string of the molecule is O=C1CCC(OCc2ccc(C(F)(F)F)cc2)CC1. The largest absolute Gasteiger partial charge is 0.416 e. The summed E-state index contributed by atoms with van der Waals surface area (Å²) in [5.74, 6) is 0.259. The monoisotopic (exact) mass is 272 g/mol. The maximum atomic E-state index is 12.4. The molecule has 0 bridgehead atoms. The summed E-state index contributed by atoms with van der Waals surface area (Å²) in [4.78, 5) is 11.1. The molecule has 1 aromatic carbocycles. The van der Waals surface area contributed by atoms with Gasteiger partial charge >= 0.3 is 6.18 Å². The Morgan fingerprint density at radius 3 is 2.21 bits per heavy atom. The minimum absolute atomic E-state index is 0.0417. The smallest absolute Gasteiger partial charge is 0.374 e. The van der Waals surface area contributed by atoms with E-state index in [1.54, 1.807) is 0 Å². The Bertz CT molecular complexity index is 427. The molecule has 2 nitrogen and oxygen atoms in total. The van der Waals surface area contributed by atoms with Crippen LogP contribution in [0, 0.1) is 0 Å². The summed E-state index contributed by atoms with van der Waals surface area (Å²) in [6, 6.07) is 4.97. The van der Waals surface area contributed by atoms with Crippen LogP contribution in [0.3, 0.4) is 0 Å². The topological polar surface area (TPSA) is 26.3 Å². The third-order valence-electron chi connectivity index (χ3n) is 3.26. The third-order valence-corrected chi connectivity index (χ3v) is 3.26. The highest BCUT2D eigenvalue weighted by Crippen LogP contribution is 2.29. The summed E-state index contributed by atoms with van der Waals surface area (Å²) in [6.07, 6.45) is -1.77. The van der Waals surface area contributed by atoms with E-state index in [-0.39, 0.29) is 18.5 Å². The molecule has 0 heterocycles. The molecule has 0 radical (unpaired) electrons. The van der Waals surface area contributed by atoms with E-state index in [1.807, 2.05) is 0 Å². The molecule has 5 heteroatoms. The van der Waals surface area contributed by atoms with Crippen molar-refractivity contribution in [2.45, 2.75) is 44.6 Å². The Morgan fingerprint density at radius 1 is 1.11 bits per heavy atom. The molecule has 0 unspecified atom stereocenters. The molecule has 1 fully saturated rings. The van der Waals surface area contributed by atoms with Gasteiger partial charge in [-0.25, -0.2) is 0 Å². The summed E-state index contributed by atoms with van der Waals surface area (Å²) in [5.41, 5.74) is 0.0596. The Morgan fingerprint density at radius 2 is 1.68 bits per heavy atom. The van der Waals surface area contributed by atoms with Gasteiger partial charge in [-0.05, 0) is 30.5 Å². The molecule has 0 spiro atoms. The van der Waals surface area contributed by atoms with Crippen LogP contribution in [0.5, 0.6) is 0 Å². The zero-order chi connectivity index (χ0) is 13.9. The standard InChI is InChI=1S/C14H15F3O2/c15-14(16,17)11-3-1-10(2-4-11)9-19-13-7-5-12(18)6-8-13/h1-4,13H,5-9H2. The van der Waals surface area contributed by atoms with Crippen molar-refractivity contribution in [3.63, 3.8) is 0 Å². The molecular formula is C14H15F3O2. The lowest BCUT2D eigenvalue weighted by atomic mass is 9.96. The summed E-state index contributed by atoms with van der Waals surface area (Å²) < 4.78 is 42.7. The molecule has 1 aliphatic carbocycles. The van der Waals surface area contributed by atoms with Gasteiger partial charge in [-0.2, -0.15) is 13.2 Å². The molecule has 1 aromatic rings. The number of hydrogen-bond acceptors (Lipinski definition) is 2. The average molecular weight is 272 g/mol. The minimum Gasteiger partial charge on any atom is -0.374 e. The maximum Gasteiger partial charge on any atom is 0.416 e. The van der Waals surface area contributed by atoms with Gasteiger partial charge in [0.25, 0.3) is 0 Å². The molecule has 0 aliphatic heterocycles. The number of hydrogen-bond donors (Lipinski definition) is 0. The summed E-state index contributed by atoms with van der Waals surface area (Å²) in [6.45, 7) is 0.289. The number of ether oxygens (including phenoxy) is 1. The van der Waals surface area contributed by atoms with Crippen LogP contribution in [0.2, 0.25) is 0 Å². The summed E-state index contributed by atoms with van der Waals surface area (Å²) in [7, 11) is 0. The lowest BCUT2D eigenvalue weighted by Gasteiger charge is -2.21. The molecule has 1 saturated carbocycles. The number of rotatable bonds is 3. The van der Waals surface area contributed by atoms with Crippen molar-refractivity contribution in [1.29, 1.82) is 0 Å². The molecule has 0 saturated heterocycles. The second kappa shape index (κ2) is 5.74. The first kappa shape index (κ1) is 14.1. The quantitative estimate of drug-likeness (QED) is 0.838. The van der Waals surface area contributed by atoms with Crippen LogP contribution >= 0.6 is 0 Å². The fourth-order valence-corrected chi connectivity index (χ4v) is 2.08. The molecule has 0 N–H and O–H groups in total. The Balaban J connectivity index is 1.85.